The van der Waals surface area contributed by atoms with E-state index in [1.807, 2.05) is 6.92 Å². The van der Waals surface area contributed by atoms with Crippen LogP contribution in [0.5, 0.6) is 5.75 Å². The third-order valence-electron chi connectivity index (χ3n) is 5.98. The van der Waals surface area contributed by atoms with Crippen molar-refractivity contribution in [1.82, 2.24) is 4.98 Å². The second-order valence-corrected chi connectivity index (χ2v) is 8.40. The fourth-order valence-electron chi connectivity index (χ4n) is 3.96. The van der Waals surface area contributed by atoms with E-state index in [0.717, 1.165) is 6.07 Å². The topological polar surface area (TPSA) is 77.5 Å². The first kappa shape index (κ1) is 23.7. The summed E-state index contributed by atoms with van der Waals surface area (Å²) in [5.41, 5.74) is -0.0584. The number of hydrogen-bond donors (Lipinski definition) is 1. The second-order valence-electron chi connectivity index (χ2n) is 8.40. The zero-order valence-corrected chi connectivity index (χ0v) is 18.4. The molecule has 0 radical (unpaired) electrons. The number of carbonyl (C=O) groups excluding carboxylic acids is 2. The second kappa shape index (κ2) is 8.90. The molecule has 172 valence electrons. The Balaban J connectivity index is 2.01. The van der Waals surface area contributed by atoms with Gasteiger partial charge in [-0.15, -0.1) is 0 Å². The summed E-state index contributed by atoms with van der Waals surface area (Å²) >= 11 is 0. The van der Waals surface area contributed by atoms with Crippen molar-refractivity contribution in [3.8, 4) is 5.75 Å². The molecule has 1 amide bonds. The molecule has 0 saturated carbocycles. The lowest BCUT2D eigenvalue weighted by atomic mass is 9.77. The van der Waals surface area contributed by atoms with Crippen LogP contribution >= 0.6 is 0 Å². The molecule has 2 heterocycles. The molecule has 1 saturated heterocycles. The Bertz CT molecular complexity index is 1040. The van der Waals surface area contributed by atoms with Gasteiger partial charge in [-0.2, -0.15) is 8.78 Å². The first-order valence-electron chi connectivity index (χ1n) is 10.1. The molecule has 0 aliphatic carbocycles. The number of halogens is 3. The number of ketones is 1. The number of nitrogens with zero attached hydrogens (tertiary/aromatic N) is 1. The summed E-state index contributed by atoms with van der Waals surface area (Å²) < 4.78 is 51.0. The summed E-state index contributed by atoms with van der Waals surface area (Å²) in [6.07, 6.45) is 0.322. The molecule has 1 N–H and O–H groups in total. The maximum absolute atomic E-state index is 14.1. The van der Waals surface area contributed by atoms with E-state index in [2.05, 4.69) is 15.0 Å². The van der Waals surface area contributed by atoms with E-state index in [1.165, 1.54) is 38.2 Å². The molecular weight excluding hydrogens is 425 g/mol. The van der Waals surface area contributed by atoms with E-state index < -0.39 is 36.0 Å². The molecule has 6 nitrogen and oxygen atoms in total. The summed E-state index contributed by atoms with van der Waals surface area (Å²) in [6.45, 7) is 4.97. The Morgan fingerprint density at radius 1 is 1.25 bits per heavy atom. The van der Waals surface area contributed by atoms with Gasteiger partial charge >= 0.3 is 6.61 Å². The molecule has 0 unspecified atom stereocenters. The van der Waals surface area contributed by atoms with E-state index in [4.69, 9.17) is 4.74 Å². The normalized spacial score (nSPS) is 22.1. The maximum Gasteiger partial charge on any atom is 0.387 e. The monoisotopic (exact) mass is 450 g/mol. The zero-order valence-electron chi connectivity index (χ0n) is 18.4. The van der Waals surface area contributed by atoms with Crippen LogP contribution in [0.4, 0.5) is 18.9 Å². The standard InChI is InChI=1S/C23H25F3N2O4/c1-11-16(24)7-6-15(19(11)31-22(25)26)18-12(2)23(4,5)32-20(18)21(30)28-14-8-9-27-17(10-14)13(3)29/h6-10,12,18,20,22H,1-5H3,(H,27,28,30)/t12-,18-,20-/m0/s1. The molecule has 1 aromatic heterocycles. The Kier molecular flexibility index (Phi) is 6.59. The Labute approximate surface area is 184 Å². The Morgan fingerprint density at radius 2 is 1.94 bits per heavy atom. The highest BCUT2D eigenvalue weighted by Crippen LogP contribution is 2.49. The van der Waals surface area contributed by atoms with E-state index >= 15 is 0 Å². The Morgan fingerprint density at radius 3 is 2.56 bits per heavy atom. The van der Waals surface area contributed by atoms with Gasteiger partial charge in [-0.1, -0.05) is 13.0 Å². The Hall–Kier alpha value is -2.94. The first-order valence-corrected chi connectivity index (χ1v) is 10.1. The number of amides is 1. The fourth-order valence-corrected chi connectivity index (χ4v) is 3.96. The predicted molar refractivity (Wildman–Crippen MR) is 111 cm³/mol. The highest BCUT2D eigenvalue weighted by Gasteiger charge is 2.51. The summed E-state index contributed by atoms with van der Waals surface area (Å²) in [6, 6.07) is 5.48. The van der Waals surface area contributed by atoms with Crippen molar-refractivity contribution in [2.24, 2.45) is 5.92 Å². The van der Waals surface area contributed by atoms with Crippen molar-refractivity contribution >= 4 is 17.4 Å². The van der Waals surface area contributed by atoms with E-state index in [0.29, 0.717) is 5.69 Å². The summed E-state index contributed by atoms with van der Waals surface area (Å²) in [7, 11) is 0. The molecule has 32 heavy (non-hydrogen) atoms. The van der Waals surface area contributed by atoms with E-state index in [9.17, 15) is 22.8 Å². The number of rotatable bonds is 6. The van der Waals surface area contributed by atoms with Gasteiger partial charge in [-0.3, -0.25) is 14.6 Å². The predicted octanol–water partition coefficient (Wildman–Crippen LogP) is 4.87. The number of carbonyl (C=O) groups is 2. The number of nitrogens with one attached hydrogen (secondary N) is 1. The molecule has 1 aliphatic heterocycles. The van der Waals surface area contributed by atoms with Crippen LogP contribution in [-0.4, -0.2) is 35.0 Å². The van der Waals surface area contributed by atoms with Crippen LogP contribution in [0.3, 0.4) is 0 Å². The number of anilines is 1. The van der Waals surface area contributed by atoms with E-state index in [1.54, 1.807) is 13.8 Å². The van der Waals surface area contributed by atoms with Crippen LogP contribution in [0.1, 0.15) is 55.2 Å². The SMILES string of the molecule is CC(=O)c1cc(NC(=O)[C@H]2OC(C)(C)[C@@H](C)[C@H]2c2ccc(F)c(C)c2OC(F)F)ccn1. The molecule has 3 rings (SSSR count). The van der Waals surface area contributed by atoms with Crippen molar-refractivity contribution in [3.63, 3.8) is 0 Å². The van der Waals surface area contributed by atoms with Gasteiger partial charge in [0.1, 0.15) is 23.4 Å². The molecule has 1 fully saturated rings. The van der Waals surface area contributed by atoms with Gasteiger partial charge < -0.3 is 14.8 Å². The van der Waals surface area contributed by atoms with Crippen LogP contribution in [-0.2, 0) is 9.53 Å². The maximum atomic E-state index is 14.1. The summed E-state index contributed by atoms with van der Waals surface area (Å²) in [4.78, 5) is 28.7. The summed E-state index contributed by atoms with van der Waals surface area (Å²) in [5, 5.41) is 2.70. The first-order chi connectivity index (χ1) is 14.9. The third-order valence-corrected chi connectivity index (χ3v) is 5.98. The number of ether oxygens (including phenoxy) is 2. The molecule has 1 aromatic carbocycles. The van der Waals surface area contributed by atoms with Gasteiger partial charge in [0.15, 0.2) is 5.78 Å². The molecule has 2 aromatic rings. The molecular formula is C23H25F3N2O4. The molecule has 0 bridgehead atoms. The number of alkyl halides is 2. The average Bonchev–Trinajstić information content (AvgIpc) is 2.95. The number of hydrogen-bond acceptors (Lipinski definition) is 5. The number of aromatic nitrogens is 1. The van der Waals surface area contributed by atoms with Crippen LogP contribution in [0.2, 0.25) is 0 Å². The quantitative estimate of drug-likeness (QED) is 0.636. The van der Waals surface area contributed by atoms with Gasteiger partial charge in [0.2, 0.25) is 0 Å². The molecule has 3 atom stereocenters. The van der Waals surface area contributed by atoms with Crippen LogP contribution in [0.15, 0.2) is 30.5 Å². The van der Waals surface area contributed by atoms with Crippen molar-refractivity contribution < 1.29 is 32.2 Å². The molecule has 0 spiro atoms. The third kappa shape index (κ3) is 4.62. The lowest BCUT2D eigenvalue weighted by Crippen LogP contribution is -2.33. The van der Waals surface area contributed by atoms with E-state index in [-0.39, 0.29) is 34.3 Å². The van der Waals surface area contributed by atoms with Crippen molar-refractivity contribution in [1.29, 1.82) is 0 Å². The average molecular weight is 450 g/mol. The minimum atomic E-state index is -3.16. The van der Waals surface area contributed by atoms with Crippen molar-refractivity contribution in [2.45, 2.75) is 58.9 Å². The molecule has 1 aliphatic rings. The number of benzene rings is 1. The minimum Gasteiger partial charge on any atom is -0.434 e. The lowest BCUT2D eigenvalue weighted by molar-refractivity contribution is -0.131. The fraction of sp³-hybridized carbons (Fsp3) is 0.435. The number of Topliss-reactive ketones (excluding diaryl/α,β-unsaturated/α-hetero) is 1. The number of pyridine rings is 1. The largest absolute Gasteiger partial charge is 0.434 e. The van der Waals surface area contributed by atoms with Crippen LogP contribution in [0, 0.1) is 18.7 Å². The van der Waals surface area contributed by atoms with Crippen LogP contribution < -0.4 is 10.1 Å². The van der Waals surface area contributed by atoms with Crippen LogP contribution in [0.25, 0.3) is 0 Å². The highest BCUT2D eigenvalue weighted by molar-refractivity contribution is 5.97. The smallest absolute Gasteiger partial charge is 0.387 e. The van der Waals surface area contributed by atoms with Gasteiger partial charge in [-0.05, 0) is 44.9 Å². The van der Waals surface area contributed by atoms with Gasteiger partial charge in [-0.25, -0.2) is 4.39 Å². The van der Waals surface area contributed by atoms with Gasteiger partial charge in [0.25, 0.3) is 5.91 Å². The lowest BCUT2D eigenvalue weighted by Gasteiger charge is -2.26. The zero-order chi connectivity index (χ0) is 23.8. The van der Waals surface area contributed by atoms with Gasteiger partial charge in [0.05, 0.1) is 5.60 Å². The highest BCUT2D eigenvalue weighted by atomic mass is 19.3. The van der Waals surface area contributed by atoms with Crippen molar-refractivity contribution in [2.75, 3.05) is 5.32 Å². The van der Waals surface area contributed by atoms with Crippen molar-refractivity contribution in [3.05, 3.63) is 53.1 Å². The minimum absolute atomic E-state index is 0.0703. The summed E-state index contributed by atoms with van der Waals surface area (Å²) in [5.74, 6) is -2.76. The molecule has 9 heteroatoms. The van der Waals surface area contributed by atoms with Gasteiger partial charge in [0, 0.05) is 35.9 Å².